The Bertz CT molecular complexity index is 467. The zero-order valence-electron chi connectivity index (χ0n) is 12.5. The molecule has 1 aromatic rings. The van der Waals surface area contributed by atoms with Crippen molar-refractivity contribution in [2.45, 2.75) is 52.6 Å². The molecule has 1 aromatic carbocycles. The van der Waals surface area contributed by atoms with Crippen LogP contribution < -0.4 is 0 Å². The molecule has 0 radical (unpaired) electrons. The molecule has 1 N–H and O–H groups in total. The Morgan fingerprint density at radius 3 is 2.65 bits per heavy atom. The lowest BCUT2D eigenvalue weighted by atomic mass is 9.67. The molecular formula is C17H24ClFO. The van der Waals surface area contributed by atoms with Crippen LogP contribution in [0.4, 0.5) is 4.39 Å². The van der Waals surface area contributed by atoms with E-state index in [4.69, 9.17) is 11.6 Å². The van der Waals surface area contributed by atoms with Gasteiger partial charge in [-0.25, -0.2) is 4.39 Å². The van der Waals surface area contributed by atoms with Gasteiger partial charge in [0.1, 0.15) is 5.82 Å². The molecule has 0 amide bonds. The standard InChI is InChI=1S/C17H24ClFO/c1-17(2,3)13-7-8-15(20)12(10-13)9-11-5-4-6-14(19)16(11)18/h4-6,12-13,15,20H,7-10H2,1-3H3. The fourth-order valence-corrected chi connectivity index (χ4v) is 3.45. The van der Waals surface area contributed by atoms with E-state index in [-0.39, 0.29) is 28.3 Å². The predicted octanol–water partition coefficient (Wildman–Crippen LogP) is 4.84. The first-order valence-corrected chi connectivity index (χ1v) is 7.77. The van der Waals surface area contributed by atoms with E-state index in [2.05, 4.69) is 20.8 Å². The van der Waals surface area contributed by atoms with Crippen LogP contribution in [0, 0.1) is 23.1 Å². The first-order chi connectivity index (χ1) is 9.29. The minimum Gasteiger partial charge on any atom is -0.393 e. The third-order valence-corrected chi connectivity index (χ3v) is 5.10. The van der Waals surface area contributed by atoms with E-state index in [0.29, 0.717) is 12.3 Å². The summed E-state index contributed by atoms with van der Waals surface area (Å²) in [6, 6.07) is 4.92. The topological polar surface area (TPSA) is 20.2 Å². The molecular weight excluding hydrogens is 275 g/mol. The summed E-state index contributed by atoms with van der Waals surface area (Å²) in [7, 11) is 0. The minimum atomic E-state index is -0.373. The number of aliphatic hydroxyl groups is 1. The average Bonchev–Trinajstić information content (AvgIpc) is 2.36. The van der Waals surface area contributed by atoms with Crippen LogP contribution in [-0.2, 0) is 6.42 Å². The summed E-state index contributed by atoms with van der Waals surface area (Å²) in [6.45, 7) is 6.75. The van der Waals surface area contributed by atoms with Gasteiger partial charge in [0.15, 0.2) is 0 Å². The van der Waals surface area contributed by atoms with Crippen LogP contribution in [-0.4, -0.2) is 11.2 Å². The number of aliphatic hydroxyl groups excluding tert-OH is 1. The molecule has 1 fully saturated rings. The molecule has 2 rings (SSSR count). The lowest BCUT2D eigenvalue weighted by Crippen LogP contribution is -2.35. The number of benzene rings is 1. The van der Waals surface area contributed by atoms with Gasteiger partial charge < -0.3 is 5.11 Å². The number of hydrogen-bond acceptors (Lipinski definition) is 1. The van der Waals surface area contributed by atoms with E-state index >= 15 is 0 Å². The van der Waals surface area contributed by atoms with Crippen molar-refractivity contribution in [3.8, 4) is 0 Å². The average molecular weight is 299 g/mol. The summed E-state index contributed by atoms with van der Waals surface area (Å²) in [5.74, 6) is 0.400. The lowest BCUT2D eigenvalue weighted by molar-refractivity contribution is 0.0196. The molecule has 20 heavy (non-hydrogen) atoms. The Kier molecular flexibility index (Phi) is 4.76. The van der Waals surface area contributed by atoms with Crippen LogP contribution in [0.15, 0.2) is 18.2 Å². The van der Waals surface area contributed by atoms with Gasteiger partial charge in [-0.2, -0.15) is 0 Å². The second-order valence-electron chi connectivity index (χ2n) is 7.12. The van der Waals surface area contributed by atoms with Crippen molar-refractivity contribution in [2.24, 2.45) is 17.3 Å². The number of rotatable bonds is 2. The molecule has 0 aromatic heterocycles. The normalized spacial score (nSPS) is 27.6. The molecule has 1 nitrogen and oxygen atoms in total. The van der Waals surface area contributed by atoms with Crippen LogP contribution in [0.2, 0.25) is 5.02 Å². The molecule has 0 bridgehead atoms. The van der Waals surface area contributed by atoms with Gasteiger partial charge in [-0.1, -0.05) is 44.5 Å². The highest BCUT2D eigenvalue weighted by molar-refractivity contribution is 6.31. The third kappa shape index (κ3) is 3.53. The Hall–Kier alpha value is -0.600. The Balaban J connectivity index is 2.12. The van der Waals surface area contributed by atoms with E-state index < -0.39 is 0 Å². The second-order valence-corrected chi connectivity index (χ2v) is 7.50. The largest absolute Gasteiger partial charge is 0.393 e. The maximum atomic E-state index is 13.5. The van der Waals surface area contributed by atoms with Crippen LogP contribution in [0.1, 0.15) is 45.6 Å². The summed E-state index contributed by atoms with van der Waals surface area (Å²) < 4.78 is 13.5. The highest BCUT2D eigenvalue weighted by Gasteiger charge is 2.35. The smallest absolute Gasteiger partial charge is 0.142 e. The number of halogens is 2. The zero-order valence-corrected chi connectivity index (χ0v) is 13.3. The highest BCUT2D eigenvalue weighted by atomic mass is 35.5. The first kappa shape index (κ1) is 15.8. The van der Waals surface area contributed by atoms with Gasteiger partial charge in [0.05, 0.1) is 11.1 Å². The van der Waals surface area contributed by atoms with Crippen molar-refractivity contribution in [3.63, 3.8) is 0 Å². The van der Waals surface area contributed by atoms with Crippen molar-refractivity contribution in [2.75, 3.05) is 0 Å². The molecule has 3 atom stereocenters. The first-order valence-electron chi connectivity index (χ1n) is 7.40. The van der Waals surface area contributed by atoms with Crippen molar-refractivity contribution in [1.29, 1.82) is 0 Å². The SMILES string of the molecule is CC(C)(C)C1CCC(O)C(Cc2cccc(F)c2Cl)C1. The van der Waals surface area contributed by atoms with Gasteiger partial charge in [0.2, 0.25) is 0 Å². The lowest BCUT2D eigenvalue weighted by Gasteiger charge is -2.40. The van der Waals surface area contributed by atoms with E-state index in [0.717, 1.165) is 24.8 Å². The maximum Gasteiger partial charge on any atom is 0.142 e. The molecule has 1 aliphatic carbocycles. The molecule has 112 valence electrons. The molecule has 3 unspecified atom stereocenters. The zero-order chi connectivity index (χ0) is 14.9. The monoisotopic (exact) mass is 298 g/mol. The van der Waals surface area contributed by atoms with E-state index in [1.165, 1.54) is 6.07 Å². The third-order valence-electron chi connectivity index (χ3n) is 4.68. The summed E-state index contributed by atoms with van der Waals surface area (Å²) in [5.41, 5.74) is 1.06. The maximum absolute atomic E-state index is 13.5. The summed E-state index contributed by atoms with van der Waals surface area (Å²) in [4.78, 5) is 0. The molecule has 1 aliphatic rings. The second kappa shape index (κ2) is 6.03. The van der Waals surface area contributed by atoms with Crippen LogP contribution >= 0.6 is 11.6 Å². The molecule has 0 heterocycles. The van der Waals surface area contributed by atoms with Crippen molar-refractivity contribution in [3.05, 3.63) is 34.6 Å². The van der Waals surface area contributed by atoms with Crippen molar-refractivity contribution < 1.29 is 9.50 Å². The van der Waals surface area contributed by atoms with Gasteiger partial charge in [0.25, 0.3) is 0 Å². The van der Waals surface area contributed by atoms with Crippen molar-refractivity contribution in [1.82, 2.24) is 0 Å². The van der Waals surface area contributed by atoms with Gasteiger partial charge in [0, 0.05) is 0 Å². The van der Waals surface area contributed by atoms with Crippen molar-refractivity contribution >= 4 is 11.6 Å². The van der Waals surface area contributed by atoms with Crippen LogP contribution in [0.5, 0.6) is 0 Å². The Morgan fingerprint density at radius 1 is 1.30 bits per heavy atom. The Morgan fingerprint density at radius 2 is 2.00 bits per heavy atom. The van der Waals surface area contributed by atoms with Gasteiger partial charge >= 0.3 is 0 Å². The van der Waals surface area contributed by atoms with Crippen LogP contribution in [0.25, 0.3) is 0 Å². The molecule has 1 saturated carbocycles. The minimum absolute atomic E-state index is 0.173. The van der Waals surface area contributed by atoms with Gasteiger partial charge in [-0.05, 0) is 54.6 Å². The van der Waals surface area contributed by atoms with Crippen LogP contribution in [0.3, 0.4) is 0 Å². The summed E-state index contributed by atoms with van der Waals surface area (Å²) in [6.07, 6.45) is 3.24. The Labute approximate surface area is 126 Å². The van der Waals surface area contributed by atoms with E-state index in [9.17, 15) is 9.50 Å². The van der Waals surface area contributed by atoms with E-state index in [1.807, 2.05) is 6.07 Å². The quantitative estimate of drug-likeness (QED) is 0.828. The van der Waals surface area contributed by atoms with Gasteiger partial charge in [-0.15, -0.1) is 0 Å². The fraction of sp³-hybridized carbons (Fsp3) is 0.647. The summed E-state index contributed by atoms with van der Waals surface area (Å²) >= 11 is 6.03. The summed E-state index contributed by atoms with van der Waals surface area (Å²) in [5, 5.41) is 10.4. The van der Waals surface area contributed by atoms with E-state index in [1.54, 1.807) is 6.07 Å². The van der Waals surface area contributed by atoms with Gasteiger partial charge in [-0.3, -0.25) is 0 Å². The molecule has 0 saturated heterocycles. The molecule has 0 spiro atoms. The molecule has 0 aliphatic heterocycles. The molecule has 3 heteroatoms. The predicted molar refractivity (Wildman–Crippen MR) is 81.4 cm³/mol. The fourth-order valence-electron chi connectivity index (χ4n) is 3.24. The highest BCUT2D eigenvalue weighted by Crippen LogP contribution is 2.41. The number of hydrogen-bond donors (Lipinski definition) is 1.